The number of amides is 2. The summed E-state index contributed by atoms with van der Waals surface area (Å²) in [6.45, 7) is -0.638. The van der Waals surface area contributed by atoms with E-state index in [2.05, 4.69) is 10.6 Å². The second kappa shape index (κ2) is 11.8. The molecular weight excluding hydrogens is 463 g/mol. The Balaban J connectivity index is 1.54. The topological polar surface area (TPSA) is 93.7 Å². The molecule has 0 aliphatic carbocycles. The number of nitrogens with one attached hydrogen (secondary N) is 2. The highest BCUT2D eigenvalue weighted by Gasteiger charge is 2.16. The molecular formula is C25H22ClFN2O5. The van der Waals surface area contributed by atoms with E-state index in [0.717, 1.165) is 17.4 Å². The highest BCUT2D eigenvalue weighted by atomic mass is 35.5. The molecule has 7 nitrogen and oxygen atoms in total. The number of halogens is 2. The third kappa shape index (κ3) is 7.05. The minimum absolute atomic E-state index is 0.0880. The number of methoxy groups -OCH3 is 1. The smallest absolute Gasteiger partial charge is 0.340 e. The van der Waals surface area contributed by atoms with Crippen LogP contribution in [0.2, 0.25) is 5.02 Å². The van der Waals surface area contributed by atoms with Gasteiger partial charge in [0.2, 0.25) is 5.91 Å². The van der Waals surface area contributed by atoms with Gasteiger partial charge in [0.1, 0.15) is 11.6 Å². The van der Waals surface area contributed by atoms with Crippen molar-refractivity contribution in [1.29, 1.82) is 0 Å². The van der Waals surface area contributed by atoms with Crippen molar-refractivity contribution >= 4 is 40.8 Å². The molecule has 3 aromatic carbocycles. The number of aryl methyl sites for hydroxylation is 1. The predicted molar refractivity (Wildman–Crippen MR) is 127 cm³/mol. The van der Waals surface area contributed by atoms with Crippen molar-refractivity contribution in [3.63, 3.8) is 0 Å². The van der Waals surface area contributed by atoms with Crippen molar-refractivity contribution in [3.05, 3.63) is 88.7 Å². The number of carbonyl (C=O) groups excluding carboxylic acids is 3. The van der Waals surface area contributed by atoms with Crippen molar-refractivity contribution in [2.24, 2.45) is 0 Å². The Bertz CT molecular complexity index is 1180. The SMILES string of the molecule is COc1ccc(CCC(=O)Nc2ccccc2C(=O)OCC(=O)Nc2ccc(Cl)cc2F)cc1. The van der Waals surface area contributed by atoms with E-state index in [9.17, 15) is 18.8 Å². The van der Waals surface area contributed by atoms with E-state index in [1.165, 1.54) is 18.2 Å². The molecule has 0 radical (unpaired) electrons. The molecule has 2 amide bonds. The largest absolute Gasteiger partial charge is 0.497 e. The number of carbonyl (C=O) groups is 3. The van der Waals surface area contributed by atoms with Gasteiger partial charge in [-0.2, -0.15) is 0 Å². The van der Waals surface area contributed by atoms with E-state index in [1.54, 1.807) is 25.3 Å². The van der Waals surface area contributed by atoms with Gasteiger partial charge in [0, 0.05) is 11.4 Å². The number of rotatable bonds is 9. The van der Waals surface area contributed by atoms with Gasteiger partial charge in [-0.1, -0.05) is 35.9 Å². The molecule has 0 aromatic heterocycles. The number of esters is 1. The summed E-state index contributed by atoms with van der Waals surface area (Å²) in [5.41, 5.74) is 1.23. The fraction of sp³-hybridized carbons (Fsp3) is 0.160. The van der Waals surface area contributed by atoms with E-state index < -0.39 is 24.3 Å². The maximum Gasteiger partial charge on any atom is 0.340 e. The maximum atomic E-state index is 13.8. The van der Waals surface area contributed by atoms with Crippen molar-refractivity contribution in [3.8, 4) is 5.75 Å². The monoisotopic (exact) mass is 484 g/mol. The van der Waals surface area contributed by atoms with Crippen LogP contribution in [0.1, 0.15) is 22.3 Å². The average molecular weight is 485 g/mol. The number of anilines is 2. The number of hydrogen-bond acceptors (Lipinski definition) is 5. The quantitative estimate of drug-likeness (QED) is 0.423. The molecule has 0 saturated carbocycles. The summed E-state index contributed by atoms with van der Waals surface area (Å²) in [5.74, 6) is -1.80. The zero-order valence-electron chi connectivity index (χ0n) is 18.3. The first-order chi connectivity index (χ1) is 16.4. The second-order valence-electron chi connectivity index (χ2n) is 7.19. The normalized spacial score (nSPS) is 10.3. The Morgan fingerprint density at radius 1 is 0.912 bits per heavy atom. The lowest BCUT2D eigenvalue weighted by Crippen LogP contribution is -2.22. The standard InChI is InChI=1S/C25H22ClFN2O5/c1-33-18-10-6-16(7-11-18)8-13-23(30)28-21-5-3-2-4-19(21)25(32)34-15-24(31)29-22-12-9-17(26)14-20(22)27/h2-7,9-12,14H,8,13,15H2,1H3,(H,28,30)(H,29,31). The summed E-state index contributed by atoms with van der Waals surface area (Å²) < 4.78 is 24.0. The van der Waals surface area contributed by atoms with Gasteiger partial charge in [0.05, 0.1) is 24.0 Å². The lowest BCUT2D eigenvalue weighted by molar-refractivity contribution is -0.119. The fourth-order valence-electron chi connectivity index (χ4n) is 3.02. The maximum absolute atomic E-state index is 13.8. The van der Waals surface area contributed by atoms with Crippen LogP contribution in [0.25, 0.3) is 0 Å². The first kappa shape index (κ1) is 24.7. The highest BCUT2D eigenvalue weighted by molar-refractivity contribution is 6.30. The predicted octanol–water partition coefficient (Wildman–Crippen LogP) is 4.85. The van der Waals surface area contributed by atoms with Gasteiger partial charge in [-0.15, -0.1) is 0 Å². The summed E-state index contributed by atoms with van der Waals surface area (Å²) in [5, 5.41) is 5.19. The van der Waals surface area contributed by atoms with Gasteiger partial charge in [-0.3, -0.25) is 9.59 Å². The van der Waals surface area contributed by atoms with Crippen LogP contribution in [0, 0.1) is 5.82 Å². The first-order valence-corrected chi connectivity index (χ1v) is 10.7. The lowest BCUT2D eigenvalue weighted by Gasteiger charge is -2.11. The molecule has 0 atom stereocenters. The van der Waals surface area contributed by atoms with Gasteiger partial charge in [0.15, 0.2) is 6.61 Å². The molecule has 3 aromatic rings. The zero-order valence-corrected chi connectivity index (χ0v) is 19.0. The van der Waals surface area contributed by atoms with E-state index in [1.807, 2.05) is 24.3 Å². The Hall–Kier alpha value is -3.91. The Morgan fingerprint density at radius 2 is 1.62 bits per heavy atom. The molecule has 0 aliphatic heterocycles. The summed E-state index contributed by atoms with van der Waals surface area (Å²) >= 11 is 5.68. The van der Waals surface area contributed by atoms with Crippen molar-refractivity contribution < 1.29 is 28.2 Å². The van der Waals surface area contributed by atoms with Crippen LogP contribution in [-0.2, 0) is 20.7 Å². The number of hydrogen-bond donors (Lipinski definition) is 2. The van der Waals surface area contributed by atoms with Crippen LogP contribution in [0.3, 0.4) is 0 Å². The van der Waals surface area contributed by atoms with Crippen molar-refractivity contribution in [1.82, 2.24) is 0 Å². The zero-order chi connectivity index (χ0) is 24.5. The van der Waals surface area contributed by atoms with Crippen LogP contribution in [0.5, 0.6) is 5.75 Å². The summed E-state index contributed by atoms with van der Waals surface area (Å²) in [6.07, 6.45) is 0.703. The molecule has 0 bridgehead atoms. The van der Waals surface area contributed by atoms with E-state index in [4.69, 9.17) is 21.1 Å². The molecule has 0 unspecified atom stereocenters. The summed E-state index contributed by atoms with van der Waals surface area (Å²) in [6, 6.07) is 17.4. The van der Waals surface area contributed by atoms with Gasteiger partial charge < -0.3 is 20.1 Å². The number of benzene rings is 3. The van der Waals surface area contributed by atoms with Crippen molar-refractivity contribution in [2.75, 3.05) is 24.4 Å². The molecule has 0 spiro atoms. The Kier molecular flexibility index (Phi) is 8.59. The van der Waals surface area contributed by atoms with Crippen molar-refractivity contribution in [2.45, 2.75) is 12.8 Å². The van der Waals surface area contributed by atoms with Crippen LogP contribution >= 0.6 is 11.6 Å². The minimum Gasteiger partial charge on any atom is -0.497 e. The van der Waals surface area contributed by atoms with Crippen LogP contribution in [-0.4, -0.2) is 31.5 Å². The first-order valence-electron chi connectivity index (χ1n) is 10.3. The second-order valence-corrected chi connectivity index (χ2v) is 7.63. The Morgan fingerprint density at radius 3 is 2.32 bits per heavy atom. The molecule has 176 valence electrons. The highest BCUT2D eigenvalue weighted by Crippen LogP contribution is 2.20. The molecule has 34 heavy (non-hydrogen) atoms. The molecule has 0 aliphatic rings. The van der Waals surface area contributed by atoms with E-state index >= 15 is 0 Å². The van der Waals surface area contributed by atoms with Gasteiger partial charge in [-0.25, -0.2) is 9.18 Å². The van der Waals surface area contributed by atoms with Gasteiger partial charge in [0.25, 0.3) is 5.91 Å². The minimum atomic E-state index is -0.808. The number of para-hydroxylation sites is 1. The van der Waals surface area contributed by atoms with Gasteiger partial charge >= 0.3 is 5.97 Å². The molecule has 0 fully saturated rings. The lowest BCUT2D eigenvalue weighted by atomic mass is 10.1. The van der Waals surface area contributed by atoms with E-state index in [-0.39, 0.29) is 34.3 Å². The van der Waals surface area contributed by atoms with Crippen LogP contribution in [0.4, 0.5) is 15.8 Å². The molecule has 2 N–H and O–H groups in total. The van der Waals surface area contributed by atoms with Crippen LogP contribution in [0.15, 0.2) is 66.7 Å². The van der Waals surface area contributed by atoms with Crippen LogP contribution < -0.4 is 15.4 Å². The summed E-state index contributed by atoms with van der Waals surface area (Å²) in [7, 11) is 1.58. The Labute approximate surface area is 200 Å². The fourth-order valence-corrected chi connectivity index (χ4v) is 3.18. The van der Waals surface area contributed by atoms with E-state index in [0.29, 0.717) is 6.42 Å². The third-order valence-corrected chi connectivity index (χ3v) is 5.00. The molecule has 0 heterocycles. The molecule has 0 saturated heterocycles. The average Bonchev–Trinajstić information content (AvgIpc) is 2.83. The summed E-state index contributed by atoms with van der Waals surface area (Å²) in [4.78, 5) is 37.0. The third-order valence-electron chi connectivity index (χ3n) is 4.76. The molecule has 9 heteroatoms. The molecule has 3 rings (SSSR count). The van der Waals surface area contributed by atoms with Gasteiger partial charge in [-0.05, 0) is 54.4 Å². The number of ether oxygens (including phenoxy) is 2.